The number of halogens is 3. The maximum Gasteiger partial charge on any atom is 0.416 e. The first kappa shape index (κ1) is 22.3. The first-order valence-electron chi connectivity index (χ1n) is 8.84. The second-order valence-electron chi connectivity index (χ2n) is 7.48. The second kappa shape index (κ2) is 8.55. The molecule has 0 saturated carbocycles. The minimum atomic E-state index is -4.49. The molecule has 0 heterocycles. The molecule has 1 atom stereocenters. The molecule has 0 fully saturated rings. The number of carboxylic acid groups (broad SMARTS) is 1. The Morgan fingerprint density at radius 2 is 1.72 bits per heavy atom. The molecular weight excluding hydrogens is 387 g/mol. The molecule has 0 aliphatic carbocycles. The van der Waals surface area contributed by atoms with Gasteiger partial charge < -0.3 is 15.2 Å². The van der Waals surface area contributed by atoms with E-state index < -0.39 is 35.4 Å². The predicted molar refractivity (Wildman–Crippen MR) is 101 cm³/mol. The summed E-state index contributed by atoms with van der Waals surface area (Å²) in [4.78, 5) is 23.6. The normalized spacial score (nSPS) is 12.9. The second-order valence-corrected chi connectivity index (χ2v) is 7.48. The van der Waals surface area contributed by atoms with Gasteiger partial charge in [0.15, 0.2) is 0 Å². The van der Waals surface area contributed by atoms with Crippen LogP contribution in [0.2, 0.25) is 0 Å². The Kier molecular flexibility index (Phi) is 6.56. The maximum absolute atomic E-state index is 13.0. The van der Waals surface area contributed by atoms with Crippen molar-refractivity contribution in [2.75, 3.05) is 0 Å². The van der Waals surface area contributed by atoms with Gasteiger partial charge in [-0.15, -0.1) is 0 Å². The van der Waals surface area contributed by atoms with E-state index in [1.807, 2.05) is 0 Å². The van der Waals surface area contributed by atoms with Crippen LogP contribution in [0.3, 0.4) is 0 Å². The molecule has 2 rings (SSSR count). The molecule has 0 radical (unpaired) electrons. The van der Waals surface area contributed by atoms with Gasteiger partial charge in [-0.05, 0) is 49.6 Å². The number of amides is 1. The maximum atomic E-state index is 13.0. The summed E-state index contributed by atoms with van der Waals surface area (Å²) in [6, 6.07) is 10.0. The Labute approximate surface area is 166 Å². The fourth-order valence-corrected chi connectivity index (χ4v) is 2.71. The van der Waals surface area contributed by atoms with Crippen molar-refractivity contribution in [3.05, 3.63) is 59.7 Å². The number of hydrogen-bond donors (Lipinski definition) is 2. The lowest BCUT2D eigenvalue weighted by Crippen LogP contribution is -2.44. The van der Waals surface area contributed by atoms with Gasteiger partial charge in [0.05, 0.1) is 5.56 Å². The summed E-state index contributed by atoms with van der Waals surface area (Å²) in [5.41, 5.74) is -0.363. The number of alkyl carbamates (subject to hydrolysis) is 1. The van der Waals surface area contributed by atoms with E-state index in [1.165, 1.54) is 12.1 Å². The molecule has 156 valence electrons. The molecular formula is C21H22F3NO4. The summed E-state index contributed by atoms with van der Waals surface area (Å²) in [5.74, 6) is -1.28. The molecule has 29 heavy (non-hydrogen) atoms. The van der Waals surface area contributed by atoms with Gasteiger partial charge in [0.25, 0.3) is 0 Å². The SMILES string of the molecule is CC(C)(C)OC(=O)NC(Cc1ccccc1-c1cccc(C(F)(F)F)c1)C(=O)O. The van der Waals surface area contributed by atoms with Gasteiger partial charge in [0.2, 0.25) is 0 Å². The zero-order valence-electron chi connectivity index (χ0n) is 16.2. The number of aliphatic carboxylic acids is 1. The lowest BCUT2D eigenvalue weighted by atomic mass is 9.94. The van der Waals surface area contributed by atoms with Crippen molar-refractivity contribution in [1.82, 2.24) is 5.32 Å². The van der Waals surface area contributed by atoms with Crippen LogP contribution in [0.15, 0.2) is 48.5 Å². The number of ether oxygens (including phenoxy) is 1. The number of benzene rings is 2. The zero-order valence-corrected chi connectivity index (χ0v) is 16.2. The topological polar surface area (TPSA) is 75.6 Å². The van der Waals surface area contributed by atoms with E-state index in [-0.39, 0.29) is 6.42 Å². The fourth-order valence-electron chi connectivity index (χ4n) is 2.71. The van der Waals surface area contributed by atoms with Crippen LogP contribution in [0, 0.1) is 0 Å². The largest absolute Gasteiger partial charge is 0.480 e. The molecule has 8 heteroatoms. The summed E-state index contributed by atoms with van der Waals surface area (Å²) in [7, 11) is 0. The van der Waals surface area contributed by atoms with Crippen LogP contribution < -0.4 is 5.32 Å². The van der Waals surface area contributed by atoms with E-state index in [2.05, 4.69) is 5.32 Å². The van der Waals surface area contributed by atoms with Crippen LogP contribution in [0.5, 0.6) is 0 Å². The van der Waals surface area contributed by atoms with Gasteiger partial charge in [-0.3, -0.25) is 0 Å². The van der Waals surface area contributed by atoms with E-state index in [0.717, 1.165) is 12.1 Å². The van der Waals surface area contributed by atoms with Gasteiger partial charge in [-0.1, -0.05) is 36.4 Å². The number of alkyl halides is 3. The Bertz CT molecular complexity index is 888. The van der Waals surface area contributed by atoms with Gasteiger partial charge in [-0.2, -0.15) is 13.2 Å². The summed E-state index contributed by atoms with van der Waals surface area (Å²) >= 11 is 0. The molecule has 2 N–H and O–H groups in total. The number of hydrogen-bond acceptors (Lipinski definition) is 3. The van der Waals surface area contributed by atoms with Gasteiger partial charge in [0.1, 0.15) is 11.6 Å². The van der Waals surface area contributed by atoms with E-state index in [9.17, 15) is 27.9 Å². The van der Waals surface area contributed by atoms with Crippen LogP contribution >= 0.6 is 0 Å². The lowest BCUT2D eigenvalue weighted by Gasteiger charge is -2.22. The average molecular weight is 409 g/mol. The minimum Gasteiger partial charge on any atom is -0.480 e. The summed E-state index contributed by atoms with van der Waals surface area (Å²) in [6.45, 7) is 4.93. The molecule has 2 aromatic rings. The number of carboxylic acids is 1. The van der Waals surface area contributed by atoms with Crippen LogP contribution in [0.1, 0.15) is 31.9 Å². The monoisotopic (exact) mass is 409 g/mol. The van der Waals surface area contributed by atoms with Crippen molar-refractivity contribution < 1.29 is 32.6 Å². The molecule has 1 unspecified atom stereocenters. The number of carbonyl (C=O) groups is 2. The van der Waals surface area contributed by atoms with Crippen molar-refractivity contribution in [3.8, 4) is 11.1 Å². The van der Waals surface area contributed by atoms with E-state index in [1.54, 1.807) is 45.0 Å². The third kappa shape index (κ3) is 6.51. The van der Waals surface area contributed by atoms with Gasteiger partial charge >= 0.3 is 18.2 Å². The van der Waals surface area contributed by atoms with E-state index in [0.29, 0.717) is 16.7 Å². The summed E-state index contributed by atoms with van der Waals surface area (Å²) in [5, 5.41) is 11.8. The number of rotatable bonds is 5. The Balaban J connectivity index is 2.32. The molecule has 5 nitrogen and oxygen atoms in total. The van der Waals surface area contributed by atoms with E-state index >= 15 is 0 Å². The molecule has 0 aliphatic rings. The molecule has 0 bridgehead atoms. The van der Waals surface area contributed by atoms with Crippen LogP contribution in [-0.2, 0) is 22.1 Å². The standard InChI is InChI=1S/C21H22F3NO4/c1-20(2,3)29-19(28)25-17(18(26)27)12-14-7-4-5-10-16(14)13-8-6-9-15(11-13)21(22,23)24/h4-11,17H,12H2,1-3H3,(H,25,28)(H,26,27). The molecule has 0 spiro atoms. The van der Waals surface area contributed by atoms with E-state index in [4.69, 9.17) is 4.74 Å². The fraction of sp³-hybridized carbons (Fsp3) is 0.333. The van der Waals surface area contributed by atoms with Gasteiger partial charge in [-0.25, -0.2) is 9.59 Å². The quantitative estimate of drug-likeness (QED) is 0.737. The first-order valence-corrected chi connectivity index (χ1v) is 8.84. The Morgan fingerprint density at radius 1 is 1.07 bits per heavy atom. The summed E-state index contributed by atoms with van der Waals surface area (Å²) < 4.78 is 44.2. The van der Waals surface area contributed by atoms with Gasteiger partial charge in [0, 0.05) is 6.42 Å². The molecule has 0 saturated heterocycles. The highest BCUT2D eigenvalue weighted by Crippen LogP contribution is 2.33. The highest BCUT2D eigenvalue weighted by atomic mass is 19.4. The Morgan fingerprint density at radius 3 is 2.31 bits per heavy atom. The first-order chi connectivity index (χ1) is 13.4. The number of nitrogens with one attached hydrogen (secondary N) is 1. The highest BCUT2D eigenvalue weighted by Gasteiger charge is 2.31. The molecule has 2 aromatic carbocycles. The van der Waals surface area contributed by atoms with Crippen molar-refractivity contribution >= 4 is 12.1 Å². The van der Waals surface area contributed by atoms with Crippen molar-refractivity contribution in [1.29, 1.82) is 0 Å². The summed E-state index contributed by atoms with van der Waals surface area (Å²) in [6.07, 6.45) is -5.50. The minimum absolute atomic E-state index is 0.124. The number of carbonyl (C=O) groups excluding carboxylic acids is 1. The predicted octanol–water partition coefficient (Wildman–Crippen LogP) is 4.89. The smallest absolute Gasteiger partial charge is 0.416 e. The average Bonchev–Trinajstić information content (AvgIpc) is 2.59. The van der Waals surface area contributed by atoms with Crippen molar-refractivity contribution in [3.63, 3.8) is 0 Å². The van der Waals surface area contributed by atoms with Crippen molar-refractivity contribution in [2.45, 2.75) is 45.0 Å². The third-order valence-electron chi connectivity index (χ3n) is 3.93. The zero-order chi connectivity index (χ0) is 21.8. The molecule has 0 aromatic heterocycles. The lowest BCUT2D eigenvalue weighted by molar-refractivity contribution is -0.139. The molecule has 0 aliphatic heterocycles. The molecule has 1 amide bonds. The van der Waals surface area contributed by atoms with Crippen LogP contribution in [0.4, 0.5) is 18.0 Å². The Hall–Kier alpha value is -3.03. The van der Waals surface area contributed by atoms with Crippen LogP contribution in [-0.4, -0.2) is 28.8 Å². The third-order valence-corrected chi connectivity index (χ3v) is 3.93. The van der Waals surface area contributed by atoms with Crippen LogP contribution in [0.25, 0.3) is 11.1 Å². The highest BCUT2D eigenvalue weighted by molar-refractivity contribution is 5.81. The van der Waals surface area contributed by atoms with Crippen molar-refractivity contribution in [2.24, 2.45) is 0 Å².